The number of anilines is 1. The van der Waals surface area contributed by atoms with Gasteiger partial charge in [0.15, 0.2) is 0 Å². The van der Waals surface area contributed by atoms with Crippen LogP contribution >= 0.6 is 24.0 Å². The Balaban J connectivity index is 1.92. The van der Waals surface area contributed by atoms with Gasteiger partial charge >= 0.3 is 0 Å². The lowest BCUT2D eigenvalue weighted by Gasteiger charge is -2.31. The number of hydrogen-bond acceptors (Lipinski definition) is 6. The van der Waals surface area contributed by atoms with E-state index in [1.807, 2.05) is 19.1 Å². The van der Waals surface area contributed by atoms with Crippen molar-refractivity contribution in [2.24, 2.45) is 0 Å². The molecule has 0 bridgehead atoms. The van der Waals surface area contributed by atoms with Crippen LogP contribution in [0.25, 0.3) is 11.7 Å². The average molecular weight is 403 g/mol. The summed E-state index contributed by atoms with van der Waals surface area (Å²) in [7, 11) is 2.16. The van der Waals surface area contributed by atoms with E-state index in [9.17, 15) is 9.59 Å². The van der Waals surface area contributed by atoms with Crippen molar-refractivity contribution in [1.29, 1.82) is 0 Å². The van der Waals surface area contributed by atoms with Crippen molar-refractivity contribution in [3.8, 4) is 0 Å². The molecule has 140 valence electrons. The summed E-state index contributed by atoms with van der Waals surface area (Å²) in [6.07, 6.45) is 3.34. The number of carbonyl (C=O) groups is 1. The molecule has 4 heterocycles. The third kappa shape index (κ3) is 3.38. The van der Waals surface area contributed by atoms with Crippen LogP contribution in [0.15, 0.2) is 28.0 Å². The Morgan fingerprint density at radius 2 is 2.07 bits per heavy atom. The first-order valence-electron chi connectivity index (χ1n) is 8.77. The molecule has 2 fully saturated rings. The number of hydrogen-bond donors (Lipinski definition) is 2. The zero-order valence-corrected chi connectivity index (χ0v) is 16.7. The van der Waals surface area contributed by atoms with Gasteiger partial charge < -0.3 is 15.1 Å². The standard InChI is InChI=1S/C18H19N5O2S2/c1-11-4-3-5-23-14(11)19-15(22-8-6-21(2)7-9-22)12(17(23)25)10-13-16(24)20-18(26)27-13/h3-5,10H,6-9H2,1-2H3,(H,20,24,26)/p+1/b13-10-. The summed E-state index contributed by atoms with van der Waals surface area (Å²) in [5.41, 5.74) is 1.83. The van der Waals surface area contributed by atoms with Gasteiger partial charge in [0, 0.05) is 6.20 Å². The van der Waals surface area contributed by atoms with Gasteiger partial charge in [-0.25, -0.2) is 4.98 Å². The molecule has 0 spiro atoms. The van der Waals surface area contributed by atoms with Crippen LogP contribution < -0.4 is 20.7 Å². The van der Waals surface area contributed by atoms with Gasteiger partial charge in [-0.1, -0.05) is 30.0 Å². The van der Waals surface area contributed by atoms with E-state index in [0.717, 1.165) is 31.7 Å². The van der Waals surface area contributed by atoms with Crippen molar-refractivity contribution in [2.45, 2.75) is 6.92 Å². The number of rotatable bonds is 2. The van der Waals surface area contributed by atoms with Gasteiger partial charge in [0.2, 0.25) is 0 Å². The summed E-state index contributed by atoms with van der Waals surface area (Å²) >= 11 is 6.24. The number of nitrogens with one attached hydrogen (secondary N) is 2. The number of fused-ring (bicyclic) bond motifs is 1. The van der Waals surface area contributed by atoms with Crippen LogP contribution in [0.5, 0.6) is 0 Å². The number of aryl methyl sites for hydroxylation is 1. The maximum absolute atomic E-state index is 13.3. The van der Waals surface area contributed by atoms with E-state index in [1.54, 1.807) is 16.7 Å². The molecule has 27 heavy (non-hydrogen) atoms. The second-order valence-electron chi connectivity index (χ2n) is 6.84. The van der Waals surface area contributed by atoms with Crippen molar-refractivity contribution in [3.63, 3.8) is 0 Å². The number of thiocarbonyl (C=S) groups is 1. The number of carbonyl (C=O) groups excluding carboxylic acids is 1. The molecule has 2 N–H and O–H groups in total. The van der Waals surface area contributed by atoms with E-state index in [0.29, 0.717) is 26.3 Å². The first-order chi connectivity index (χ1) is 12.9. The van der Waals surface area contributed by atoms with Gasteiger partial charge in [-0.15, -0.1) is 0 Å². The monoisotopic (exact) mass is 402 g/mol. The molecule has 2 saturated heterocycles. The highest BCUT2D eigenvalue weighted by Gasteiger charge is 2.27. The lowest BCUT2D eigenvalue weighted by atomic mass is 10.2. The van der Waals surface area contributed by atoms with E-state index in [2.05, 4.69) is 17.3 Å². The molecule has 2 aromatic heterocycles. The smallest absolute Gasteiger partial charge is 0.267 e. The molecular weight excluding hydrogens is 382 g/mol. The largest absolute Gasteiger partial charge is 0.345 e. The minimum absolute atomic E-state index is 0.177. The predicted molar refractivity (Wildman–Crippen MR) is 111 cm³/mol. The highest BCUT2D eigenvalue weighted by molar-refractivity contribution is 8.26. The lowest BCUT2D eigenvalue weighted by Crippen LogP contribution is -3.12. The maximum atomic E-state index is 13.3. The van der Waals surface area contributed by atoms with Crippen molar-refractivity contribution in [3.05, 3.63) is 44.7 Å². The summed E-state index contributed by atoms with van der Waals surface area (Å²) in [6.45, 7) is 5.52. The van der Waals surface area contributed by atoms with Gasteiger partial charge in [-0.3, -0.25) is 14.0 Å². The minimum atomic E-state index is -0.271. The van der Waals surface area contributed by atoms with Crippen molar-refractivity contribution < 1.29 is 9.69 Å². The Labute approximate surface area is 166 Å². The third-order valence-electron chi connectivity index (χ3n) is 4.90. The van der Waals surface area contributed by atoms with Gasteiger partial charge in [-0.05, 0) is 24.6 Å². The first-order valence-corrected chi connectivity index (χ1v) is 9.99. The van der Waals surface area contributed by atoms with Gasteiger partial charge in [0.25, 0.3) is 11.5 Å². The van der Waals surface area contributed by atoms with Crippen LogP contribution in [0.1, 0.15) is 11.1 Å². The van der Waals surface area contributed by atoms with E-state index in [4.69, 9.17) is 17.2 Å². The number of thioether (sulfide) groups is 1. The normalized spacial score (nSPS) is 19.9. The number of pyridine rings is 1. The minimum Gasteiger partial charge on any atom is -0.345 e. The zero-order valence-electron chi connectivity index (χ0n) is 15.1. The molecule has 0 aromatic carbocycles. The quantitative estimate of drug-likeness (QED) is 0.537. The summed E-state index contributed by atoms with van der Waals surface area (Å²) in [6, 6.07) is 3.77. The number of amides is 1. The van der Waals surface area contributed by atoms with E-state index in [-0.39, 0.29) is 11.5 Å². The molecule has 0 radical (unpaired) electrons. The highest BCUT2D eigenvalue weighted by Crippen LogP contribution is 2.28. The van der Waals surface area contributed by atoms with Crippen LogP contribution in [0.4, 0.5) is 5.82 Å². The van der Waals surface area contributed by atoms with Gasteiger partial charge in [0.1, 0.15) is 15.8 Å². The van der Waals surface area contributed by atoms with E-state index < -0.39 is 0 Å². The molecule has 0 aliphatic carbocycles. The summed E-state index contributed by atoms with van der Waals surface area (Å²) in [4.78, 5) is 34.2. The third-order valence-corrected chi connectivity index (χ3v) is 6.06. The van der Waals surface area contributed by atoms with E-state index >= 15 is 0 Å². The topological polar surface area (TPSA) is 71.2 Å². The van der Waals surface area contributed by atoms with Crippen molar-refractivity contribution >= 4 is 51.7 Å². The Hall–Kier alpha value is -2.23. The van der Waals surface area contributed by atoms with E-state index in [1.165, 1.54) is 16.7 Å². The second-order valence-corrected chi connectivity index (χ2v) is 8.55. The molecule has 4 rings (SSSR count). The fraction of sp³-hybridized carbons (Fsp3) is 0.333. The fourth-order valence-corrected chi connectivity index (χ4v) is 4.35. The van der Waals surface area contributed by atoms with Crippen LogP contribution in [0.2, 0.25) is 0 Å². The number of nitrogens with zero attached hydrogens (tertiary/aromatic N) is 3. The van der Waals surface area contributed by atoms with Gasteiger partial charge in [-0.2, -0.15) is 0 Å². The number of quaternary nitrogens is 1. The molecule has 2 aliphatic heterocycles. The summed E-state index contributed by atoms with van der Waals surface area (Å²) in [5, 5.41) is 2.60. The Kier molecular flexibility index (Phi) is 4.75. The van der Waals surface area contributed by atoms with Crippen LogP contribution in [0, 0.1) is 6.92 Å². The predicted octanol–water partition coefficient (Wildman–Crippen LogP) is -0.174. The molecule has 9 heteroatoms. The Morgan fingerprint density at radius 1 is 1.33 bits per heavy atom. The average Bonchev–Trinajstić information content (AvgIpc) is 2.96. The summed E-state index contributed by atoms with van der Waals surface area (Å²) in [5.74, 6) is 0.369. The molecule has 1 amide bonds. The van der Waals surface area contributed by atoms with Gasteiger partial charge in [0.05, 0.1) is 43.7 Å². The Morgan fingerprint density at radius 3 is 2.74 bits per heavy atom. The lowest BCUT2D eigenvalue weighted by molar-refractivity contribution is -0.880. The van der Waals surface area contributed by atoms with Crippen molar-refractivity contribution in [2.75, 3.05) is 38.1 Å². The molecule has 0 saturated carbocycles. The fourth-order valence-electron chi connectivity index (χ4n) is 3.32. The second kappa shape index (κ2) is 7.06. The zero-order chi connectivity index (χ0) is 19.1. The highest BCUT2D eigenvalue weighted by atomic mass is 32.2. The molecule has 2 aliphatic rings. The molecule has 0 unspecified atom stereocenters. The number of aromatic nitrogens is 2. The van der Waals surface area contributed by atoms with Crippen LogP contribution in [-0.4, -0.2) is 52.8 Å². The molecule has 0 atom stereocenters. The SMILES string of the molecule is Cc1cccn2c(=O)c(/C=C3\SC(=S)NC3=O)c(N3CC[NH+](C)CC3)nc12. The van der Waals surface area contributed by atoms with Crippen molar-refractivity contribution in [1.82, 2.24) is 14.7 Å². The molecule has 2 aromatic rings. The maximum Gasteiger partial charge on any atom is 0.267 e. The number of likely N-dealkylation sites (N-methyl/N-ethyl adjacent to an activating group) is 1. The molecular formula is C18H20N5O2S2+. The number of piperazine rings is 1. The Bertz CT molecular complexity index is 1040. The van der Waals surface area contributed by atoms with Crippen LogP contribution in [0.3, 0.4) is 0 Å². The first kappa shape index (κ1) is 18.1. The molecule has 7 nitrogen and oxygen atoms in total. The van der Waals surface area contributed by atoms with Crippen LogP contribution in [-0.2, 0) is 4.79 Å². The summed E-state index contributed by atoms with van der Waals surface area (Å²) < 4.78 is 1.95.